The number of hydrogen-bond acceptors (Lipinski definition) is 2. The minimum absolute atomic E-state index is 0.170. The average molecular weight is 300 g/mol. The summed E-state index contributed by atoms with van der Waals surface area (Å²) in [6.45, 7) is 2.66. The molecule has 0 radical (unpaired) electrons. The molecule has 0 spiro atoms. The van der Waals surface area contributed by atoms with E-state index in [1.165, 1.54) is 10.4 Å². The molecule has 0 saturated carbocycles. The summed E-state index contributed by atoms with van der Waals surface area (Å²) in [6, 6.07) is 7.72. The Morgan fingerprint density at radius 3 is 2.39 bits per heavy atom. The minimum Gasteiger partial charge on any atom is -0.330 e. The van der Waals surface area contributed by atoms with Crippen LogP contribution in [-0.2, 0) is 6.42 Å². The summed E-state index contributed by atoms with van der Waals surface area (Å²) in [7, 11) is 0. The maximum atomic E-state index is 6.25. The first kappa shape index (κ1) is 13.9. The molecule has 0 aliphatic heterocycles. The molecule has 0 saturated heterocycles. The molecule has 1 heterocycles. The Balaban J connectivity index is 2.32. The molecule has 1 aromatic heterocycles. The molecule has 1 atom stereocenters. The minimum atomic E-state index is 0.170. The van der Waals surface area contributed by atoms with E-state index in [2.05, 4.69) is 18.4 Å². The molecule has 0 amide bonds. The van der Waals surface area contributed by atoms with Crippen molar-refractivity contribution < 1.29 is 0 Å². The van der Waals surface area contributed by atoms with E-state index in [1.54, 1.807) is 11.3 Å². The molecular formula is C14H15Cl2NS. The normalized spacial score (nSPS) is 12.7. The van der Waals surface area contributed by atoms with Gasteiger partial charge in [0.2, 0.25) is 0 Å². The second-order valence-electron chi connectivity index (χ2n) is 4.30. The smallest absolute Gasteiger partial charge is 0.0456 e. The lowest BCUT2D eigenvalue weighted by molar-refractivity contribution is 0.699. The van der Waals surface area contributed by atoms with Gasteiger partial charge in [0.1, 0.15) is 0 Å². The fraction of sp³-hybridized carbons (Fsp3) is 0.286. The lowest BCUT2D eigenvalue weighted by atomic mass is 9.94. The van der Waals surface area contributed by atoms with Crippen LogP contribution in [0.3, 0.4) is 0 Å². The summed E-state index contributed by atoms with van der Waals surface area (Å²) in [5.74, 6) is 0.170. The van der Waals surface area contributed by atoms with Crippen molar-refractivity contribution in [3.8, 4) is 0 Å². The molecule has 96 valence electrons. The molecule has 1 aromatic carbocycles. The van der Waals surface area contributed by atoms with Gasteiger partial charge in [-0.2, -0.15) is 0 Å². The quantitative estimate of drug-likeness (QED) is 0.874. The van der Waals surface area contributed by atoms with Crippen LogP contribution in [0.15, 0.2) is 29.6 Å². The first-order chi connectivity index (χ1) is 8.63. The Labute approximate surface area is 122 Å². The zero-order chi connectivity index (χ0) is 13.1. The van der Waals surface area contributed by atoms with Gasteiger partial charge in [0.05, 0.1) is 0 Å². The average Bonchev–Trinajstić information content (AvgIpc) is 2.73. The number of halogens is 2. The van der Waals surface area contributed by atoms with Gasteiger partial charge in [0.15, 0.2) is 0 Å². The van der Waals surface area contributed by atoms with Crippen LogP contribution in [0.25, 0.3) is 0 Å². The maximum Gasteiger partial charge on any atom is 0.0456 e. The van der Waals surface area contributed by atoms with Crippen molar-refractivity contribution in [3.05, 3.63) is 55.7 Å². The van der Waals surface area contributed by atoms with E-state index >= 15 is 0 Å². The summed E-state index contributed by atoms with van der Waals surface area (Å²) in [5, 5.41) is 3.51. The van der Waals surface area contributed by atoms with Crippen molar-refractivity contribution in [2.24, 2.45) is 5.73 Å². The van der Waals surface area contributed by atoms with Gasteiger partial charge in [-0.25, -0.2) is 0 Å². The molecule has 2 aromatic rings. The number of aryl methyl sites for hydroxylation is 1. The van der Waals surface area contributed by atoms with Gasteiger partial charge in [0, 0.05) is 20.8 Å². The lowest BCUT2D eigenvalue weighted by Crippen LogP contribution is -2.15. The monoisotopic (exact) mass is 299 g/mol. The predicted molar refractivity (Wildman–Crippen MR) is 81.0 cm³/mol. The Bertz CT molecular complexity index is 516. The molecular weight excluding hydrogens is 285 g/mol. The van der Waals surface area contributed by atoms with Crippen molar-refractivity contribution in [3.63, 3.8) is 0 Å². The van der Waals surface area contributed by atoms with E-state index in [0.29, 0.717) is 16.6 Å². The molecule has 18 heavy (non-hydrogen) atoms. The fourth-order valence-corrected chi connectivity index (χ4v) is 3.73. The second-order valence-corrected chi connectivity index (χ2v) is 6.11. The van der Waals surface area contributed by atoms with Crippen LogP contribution in [0.5, 0.6) is 0 Å². The number of hydrogen-bond donors (Lipinski definition) is 1. The number of rotatable bonds is 4. The molecule has 0 aliphatic rings. The third kappa shape index (κ3) is 2.89. The molecule has 2 N–H and O–H groups in total. The van der Waals surface area contributed by atoms with E-state index in [9.17, 15) is 0 Å². The van der Waals surface area contributed by atoms with Crippen LogP contribution in [0.1, 0.15) is 21.9 Å². The molecule has 4 heteroatoms. The largest absolute Gasteiger partial charge is 0.330 e. The van der Waals surface area contributed by atoms with Gasteiger partial charge in [-0.05, 0) is 54.6 Å². The van der Waals surface area contributed by atoms with Gasteiger partial charge in [-0.3, -0.25) is 0 Å². The van der Waals surface area contributed by atoms with Crippen LogP contribution in [-0.4, -0.2) is 6.54 Å². The standard InChI is InChI=1S/C14H15Cl2NS/c1-9-5-6-18-13(9)7-10(8-17)14-11(15)3-2-4-12(14)16/h2-6,10H,7-8,17H2,1H3. The topological polar surface area (TPSA) is 26.0 Å². The summed E-state index contributed by atoms with van der Waals surface area (Å²) in [4.78, 5) is 1.35. The lowest BCUT2D eigenvalue weighted by Gasteiger charge is -2.18. The van der Waals surface area contributed by atoms with E-state index in [1.807, 2.05) is 18.2 Å². The molecule has 0 fully saturated rings. The zero-order valence-corrected chi connectivity index (χ0v) is 12.4. The van der Waals surface area contributed by atoms with Crippen molar-refractivity contribution >= 4 is 34.5 Å². The van der Waals surface area contributed by atoms with Crippen LogP contribution >= 0.6 is 34.5 Å². The Morgan fingerprint density at radius 2 is 1.89 bits per heavy atom. The molecule has 0 bridgehead atoms. The van der Waals surface area contributed by atoms with Gasteiger partial charge in [0.25, 0.3) is 0 Å². The molecule has 1 unspecified atom stereocenters. The molecule has 2 rings (SSSR count). The van der Waals surface area contributed by atoms with Crippen molar-refractivity contribution in [2.75, 3.05) is 6.54 Å². The first-order valence-electron chi connectivity index (χ1n) is 5.80. The van der Waals surface area contributed by atoms with E-state index < -0.39 is 0 Å². The number of nitrogens with two attached hydrogens (primary N) is 1. The number of benzene rings is 1. The fourth-order valence-electron chi connectivity index (χ4n) is 2.04. The van der Waals surface area contributed by atoms with Gasteiger partial charge in [-0.1, -0.05) is 29.3 Å². The van der Waals surface area contributed by atoms with Gasteiger partial charge >= 0.3 is 0 Å². The highest BCUT2D eigenvalue weighted by Gasteiger charge is 2.18. The van der Waals surface area contributed by atoms with Gasteiger partial charge < -0.3 is 5.73 Å². The Morgan fingerprint density at radius 1 is 1.22 bits per heavy atom. The summed E-state index contributed by atoms with van der Waals surface area (Å²) in [5.41, 5.74) is 8.17. The Hall–Kier alpha value is -0.540. The zero-order valence-electron chi connectivity index (χ0n) is 10.1. The summed E-state index contributed by atoms with van der Waals surface area (Å²) >= 11 is 14.3. The maximum absolute atomic E-state index is 6.25. The van der Waals surface area contributed by atoms with Crippen LogP contribution in [0.2, 0.25) is 10.0 Å². The third-order valence-electron chi connectivity index (χ3n) is 3.09. The van der Waals surface area contributed by atoms with Crippen LogP contribution in [0, 0.1) is 6.92 Å². The SMILES string of the molecule is Cc1ccsc1CC(CN)c1c(Cl)cccc1Cl. The summed E-state index contributed by atoms with van der Waals surface area (Å²) in [6.07, 6.45) is 0.892. The molecule has 1 nitrogen and oxygen atoms in total. The highest BCUT2D eigenvalue weighted by Crippen LogP contribution is 2.34. The van der Waals surface area contributed by atoms with E-state index in [-0.39, 0.29) is 5.92 Å². The Kier molecular flexibility index (Phi) is 4.68. The summed E-state index contributed by atoms with van der Waals surface area (Å²) < 4.78 is 0. The van der Waals surface area contributed by atoms with Crippen molar-refractivity contribution in [1.82, 2.24) is 0 Å². The predicted octanol–water partition coefficient (Wildman–Crippen LogP) is 4.65. The van der Waals surface area contributed by atoms with Crippen LogP contribution < -0.4 is 5.73 Å². The van der Waals surface area contributed by atoms with Gasteiger partial charge in [-0.15, -0.1) is 11.3 Å². The van der Waals surface area contributed by atoms with E-state index in [0.717, 1.165) is 12.0 Å². The van der Waals surface area contributed by atoms with E-state index in [4.69, 9.17) is 28.9 Å². The number of thiophene rings is 1. The molecule has 0 aliphatic carbocycles. The third-order valence-corrected chi connectivity index (χ3v) is 4.80. The highest BCUT2D eigenvalue weighted by atomic mass is 35.5. The highest BCUT2D eigenvalue weighted by molar-refractivity contribution is 7.10. The van der Waals surface area contributed by atoms with Crippen molar-refractivity contribution in [1.29, 1.82) is 0 Å². The second kappa shape index (κ2) is 6.07. The first-order valence-corrected chi connectivity index (χ1v) is 7.44. The van der Waals surface area contributed by atoms with Crippen molar-refractivity contribution in [2.45, 2.75) is 19.3 Å². The van der Waals surface area contributed by atoms with Crippen LogP contribution in [0.4, 0.5) is 0 Å².